The summed E-state index contributed by atoms with van der Waals surface area (Å²) in [7, 11) is 0. The smallest absolute Gasteiger partial charge is 0.311 e. The van der Waals surface area contributed by atoms with Gasteiger partial charge in [0, 0.05) is 6.54 Å². The summed E-state index contributed by atoms with van der Waals surface area (Å²) >= 11 is 0. The van der Waals surface area contributed by atoms with Crippen LogP contribution >= 0.6 is 0 Å². The summed E-state index contributed by atoms with van der Waals surface area (Å²) in [6.07, 6.45) is 4.32. The minimum absolute atomic E-state index is 0.147. The lowest BCUT2D eigenvalue weighted by Crippen LogP contribution is -2.41. The Labute approximate surface area is 97.6 Å². The minimum atomic E-state index is -0.838. The number of carboxylic acids is 1. The molecule has 17 heavy (non-hydrogen) atoms. The van der Waals surface area contributed by atoms with Crippen molar-refractivity contribution in [3.8, 4) is 0 Å². The largest absolute Gasteiger partial charge is 0.481 e. The number of hydrogen-bond acceptors (Lipinski definition) is 4. The molecule has 1 amide bonds. The van der Waals surface area contributed by atoms with E-state index in [0.29, 0.717) is 12.8 Å². The van der Waals surface area contributed by atoms with E-state index < -0.39 is 17.3 Å². The molecule has 0 bridgehead atoms. The maximum Gasteiger partial charge on any atom is 0.311 e. The number of amides is 1. The number of H-pyrrole nitrogens is 1. The summed E-state index contributed by atoms with van der Waals surface area (Å²) in [6, 6.07) is 0. The molecule has 2 rings (SSSR count). The van der Waals surface area contributed by atoms with Crippen molar-refractivity contribution in [3.63, 3.8) is 0 Å². The fourth-order valence-corrected chi connectivity index (χ4v) is 2.17. The average molecular weight is 238 g/mol. The lowest BCUT2D eigenvalue weighted by Gasteiger charge is -2.23. The number of rotatable bonds is 4. The standard InChI is InChI=1S/C10H14N4O3/c15-8(7-5-12-14-13-7)11-6-10(9(16)17)3-1-2-4-10/h5H,1-4,6H2,(H,11,15)(H,16,17)(H,12,13,14). The van der Waals surface area contributed by atoms with E-state index in [2.05, 4.69) is 20.7 Å². The van der Waals surface area contributed by atoms with Crippen LogP contribution in [0.5, 0.6) is 0 Å². The van der Waals surface area contributed by atoms with Gasteiger partial charge in [0.05, 0.1) is 11.6 Å². The van der Waals surface area contributed by atoms with Crippen LogP contribution in [-0.4, -0.2) is 38.9 Å². The SMILES string of the molecule is O=C(NCC1(C(=O)O)CCCC1)c1cn[nH]n1. The van der Waals surface area contributed by atoms with Crippen LogP contribution in [0.4, 0.5) is 0 Å². The normalized spacial score (nSPS) is 17.9. The van der Waals surface area contributed by atoms with Gasteiger partial charge in [-0.3, -0.25) is 9.59 Å². The summed E-state index contributed by atoms with van der Waals surface area (Å²) < 4.78 is 0. The van der Waals surface area contributed by atoms with Crippen LogP contribution in [0, 0.1) is 5.41 Å². The Morgan fingerprint density at radius 1 is 1.47 bits per heavy atom. The van der Waals surface area contributed by atoms with Crippen LogP contribution in [0.15, 0.2) is 6.20 Å². The first-order chi connectivity index (χ1) is 8.14. The van der Waals surface area contributed by atoms with Gasteiger partial charge >= 0.3 is 5.97 Å². The molecule has 1 aliphatic rings. The Morgan fingerprint density at radius 2 is 2.18 bits per heavy atom. The van der Waals surface area contributed by atoms with E-state index in [9.17, 15) is 14.7 Å². The quantitative estimate of drug-likeness (QED) is 0.693. The van der Waals surface area contributed by atoms with E-state index in [1.807, 2.05) is 0 Å². The Bertz CT molecular complexity index is 409. The second-order valence-electron chi connectivity index (χ2n) is 4.33. The van der Waals surface area contributed by atoms with Crippen molar-refractivity contribution in [1.82, 2.24) is 20.7 Å². The van der Waals surface area contributed by atoms with Gasteiger partial charge in [-0.25, -0.2) is 0 Å². The van der Waals surface area contributed by atoms with Crippen LogP contribution < -0.4 is 5.32 Å². The van der Waals surface area contributed by atoms with E-state index in [0.717, 1.165) is 12.8 Å². The molecule has 1 aliphatic carbocycles. The van der Waals surface area contributed by atoms with Gasteiger partial charge in [-0.1, -0.05) is 12.8 Å². The summed E-state index contributed by atoms with van der Waals surface area (Å²) in [6.45, 7) is 0.147. The van der Waals surface area contributed by atoms with E-state index in [1.165, 1.54) is 6.20 Å². The number of aromatic nitrogens is 3. The molecule has 0 saturated heterocycles. The predicted octanol–water partition coefficient (Wildman–Crippen LogP) is 0.179. The monoisotopic (exact) mass is 238 g/mol. The van der Waals surface area contributed by atoms with Crippen molar-refractivity contribution in [1.29, 1.82) is 0 Å². The van der Waals surface area contributed by atoms with Gasteiger partial charge < -0.3 is 10.4 Å². The van der Waals surface area contributed by atoms with Gasteiger partial charge in [-0.15, -0.1) is 0 Å². The van der Waals surface area contributed by atoms with E-state index in [-0.39, 0.29) is 12.2 Å². The summed E-state index contributed by atoms with van der Waals surface area (Å²) in [4.78, 5) is 22.8. The zero-order chi connectivity index (χ0) is 12.3. The van der Waals surface area contributed by atoms with Crippen molar-refractivity contribution in [2.24, 2.45) is 5.41 Å². The maximum atomic E-state index is 11.6. The number of aliphatic carboxylic acids is 1. The molecule has 7 heteroatoms. The Balaban J connectivity index is 1.97. The van der Waals surface area contributed by atoms with Crippen molar-refractivity contribution in [3.05, 3.63) is 11.9 Å². The molecule has 1 aromatic rings. The second-order valence-corrected chi connectivity index (χ2v) is 4.33. The first kappa shape index (κ1) is 11.6. The second kappa shape index (κ2) is 4.52. The number of carbonyl (C=O) groups excluding carboxylic acids is 1. The Kier molecular flexibility index (Phi) is 3.08. The third-order valence-electron chi connectivity index (χ3n) is 3.25. The van der Waals surface area contributed by atoms with Crippen LogP contribution in [-0.2, 0) is 4.79 Å². The molecule has 0 unspecified atom stereocenters. The third kappa shape index (κ3) is 2.27. The topological polar surface area (TPSA) is 108 Å². The van der Waals surface area contributed by atoms with Crippen LogP contribution in [0.3, 0.4) is 0 Å². The van der Waals surface area contributed by atoms with Crippen molar-refractivity contribution < 1.29 is 14.7 Å². The molecule has 92 valence electrons. The highest BCUT2D eigenvalue weighted by molar-refractivity contribution is 5.92. The molecule has 3 N–H and O–H groups in total. The first-order valence-electron chi connectivity index (χ1n) is 5.51. The molecule has 1 heterocycles. The number of carbonyl (C=O) groups is 2. The molecule has 0 atom stereocenters. The summed E-state index contributed by atoms with van der Waals surface area (Å²) in [5.41, 5.74) is -0.636. The molecule has 7 nitrogen and oxygen atoms in total. The summed E-state index contributed by atoms with van der Waals surface area (Å²) in [5.74, 6) is -1.23. The molecular weight excluding hydrogens is 224 g/mol. The number of nitrogens with one attached hydrogen (secondary N) is 2. The summed E-state index contributed by atoms with van der Waals surface area (Å²) in [5, 5.41) is 21.3. The highest BCUT2D eigenvalue weighted by atomic mass is 16.4. The van der Waals surface area contributed by atoms with Crippen LogP contribution in [0.2, 0.25) is 0 Å². The van der Waals surface area contributed by atoms with Crippen molar-refractivity contribution in [2.45, 2.75) is 25.7 Å². The number of carboxylic acid groups (broad SMARTS) is 1. The fraction of sp³-hybridized carbons (Fsp3) is 0.600. The Morgan fingerprint density at radius 3 is 2.71 bits per heavy atom. The predicted molar refractivity (Wildman–Crippen MR) is 57.3 cm³/mol. The molecule has 0 aliphatic heterocycles. The minimum Gasteiger partial charge on any atom is -0.481 e. The zero-order valence-corrected chi connectivity index (χ0v) is 9.27. The van der Waals surface area contributed by atoms with Gasteiger partial charge in [-0.2, -0.15) is 15.4 Å². The number of nitrogens with zero attached hydrogens (tertiary/aromatic N) is 2. The molecule has 1 fully saturated rings. The molecule has 0 spiro atoms. The average Bonchev–Trinajstić information content (AvgIpc) is 2.97. The van der Waals surface area contributed by atoms with Gasteiger partial charge in [0.25, 0.3) is 5.91 Å². The van der Waals surface area contributed by atoms with Crippen LogP contribution in [0.25, 0.3) is 0 Å². The van der Waals surface area contributed by atoms with Crippen LogP contribution in [0.1, 0.15) is 36.2 Å². The number of aromatic amines is 1. The number of hydrogen-bond donors (Lipinski definition) is 3. The van der Waals surface area contributed by atoms with Crippen molar-refractivity contribution >= 4 is 11.9 Å². The van der Waals surface area contributed by atoms with Gasteiger partial charge in [0.15, 0.2) is 5.69 Å². The molecule has 0 radical (unpaired) electrons. The van der Waals surface area contributed by atoms with E-state index in [1.54, 1.807) is 0 Å². The zero-order valence-electron chi connectivity index (χ0n) is 9.27. The van der Waals surface area contributed by atoms with Gasteiger partial charge in [0.1, 0.15) is 0 Å². The highest BCUT2D eigenvalue weighted by Gasteiger charge is 2.41. The first-order valence-corrected chi connectivity index (χ1v) is 5.51. The molecule has 1 saturated carbocycles. The fourth-order valence-electron chi connectivity index (χ4n) is 2.17. The molecule has 0 aromatic carbocycles. The lowest BCUT2D eigenvalue weighted by atomic mass is 9.86. The van der Waals surface area contributed by atoms with Gasteiger partial charge in [-0.05, 0) is 12.8 Å². The Hall–Kier alpha value is -1.92. The molecular formula is C10H14N4O3. The highest BCUT2D eigenvalue weighted by Crippen LogP contribution is 2.37. The van der Waals surface area contributed by atoms with E-state index in [4.69, 9.17) is 0 Å². The van der Waals surface area contributed by atoms with E-state index >= 15 is 0 Å². The van der Waals surface area contributed by atoms with Gasteiger partial charge in [0.2, 0.25) is 0 Å². The third-order valence-corrected chi connectivity index (χ3v) is 3.25. The maximum absolute atomic E-state index is 11.6. The lowest BCUT2D eigenvalue weighted by molar-refractivity contribution is -0.148. The van der Waals surface area contributed by atoms with Crippen molar-refractivity contribution in [2.75, 3.05) is 6.54 Å². The molecule has 1 aromatic heterocycles.